The van der Waals surface area contributed by atoms with Crippen LogP contribution in [0.25, 0.3) is 5.69 Å². The van der Waals surface area contributed by atoms with Crippen LogP contribution in [0.15, 0.2) is 54.9 Å². The van der Waals surface area contributed by atoms with Gasteiger partial charge in [-0.25, -0.2) is 9.07 Å². The van der Waals surface area contributed by atoms with Crippen LogP contribution >= 0.6 is 0 Å². The Morgan fingerprint density at radius 2 is 1.97 bits per heavy atom. The number of halogens is 1. The quantitative estimate of drug-likeness (QED) is 0.465. The van der Waals surface area contributed by atoms with Gasteiger partial charge < -0.3 is 19.7 Å². The number of methoxy groups -OCH3 is 2. The first-order valence-electron chi connectivity index (χ1n) is 11.9. The first-order chi connectivity index (χ1) is 17.3. The maximum atomic E-state index is 14.6. The minimum atomic E-state index is -0.653. The molecule has 2 heterocycles. The molecular formula is C27H31FN4O4. The molecule has 2 amide bonds. The number of hydrogen-bond donors (Lipinski definition) is 1. The average molecular weight is 495 g/mol. The van der Waals surface area contributed by atoms with Crippen molar-refractivity contribution in [3.05, 3.63) is 71.8 Å². The summed E-state index contributed by atoms with van der Waals surface area (Å²) in [5.41, 5.74) is 1.58. The first kappa shape index (κ1) is 25.2. The van der Waals surface area contributed by atoms with Crippen molar-refractivity contribution in [2.75, 3.05) is 21.3 Å². The molecule has 0 bridgehead atoms. The fourth-order valence-electron chi connectivity index (χ4n) is 4.58. The van der Waals surface area contributed by atoms with Gasteiger partial charge >= 0.3 is 0 Å². The third-order valence-corrected chi connectivity index (χ3v) is 6.64. The second kappa shape index (κ2) is 10.8. The van der Waals surface area contributed by atoms with Gasteiger partial charge in [0.05, 0.1) is 26.1 Å². The highest BCUT2D eigenvalue weighted by Gasteiger charge is 2.38. The molecule has 0 unspecified atom stereocenters. The summed E-state index contributed by atoms with van der Waals surface area (Å²) in [7, 11) is 4.84. The second-order valence-corrected chi connectivity index (χ2v) is 9.21. The molecule has 8 nitrogen and oxygen atoms in total. The zero-order chi connectivity index (χ0) is 25.7. The van der Waals surface area contributed by atoms with E-state index in [0.717, 1.165) is 17.0 Å². The summed E-state index contributed by atoms with van der Waals surface area (Å²) < 4.78 is 26.7. The van der Waals surface area contributed by atoms with Gasteiger partial charge in [0, 0.05) is 55.9 Å². The molecule has 3 aromatic rings. The van der Waals surface area contributed by atoms with Crippen molar-refractivity contribution < 1.29 is 23.5 Å². The summed E-state index contributed by atoms with van der Waals surface area (Å²) in [4.78, 5) is 26.7. The van der Waals surface area contributed by atoms with Gasteiger partial charge in [0.2, 0.25) is 11.8 Å². The van der Waals surface area contributed by atoms with Gasteiger partial charge in [0.25, 0.3) is 0 Å². The number of carbonyl (C=O) groups excluding carboxylic acids is 2. The predicted molar refractivity (Wildman–Crippen MR) is 133 cm³/mol. The normalized spacial score (nSPS) is 17.1. The van der Waals surface area contributed by atoms with Gasteiger partial charge in [0.15, 0.2) is 0 Å². The summed E-state index contributed by atoms with van der Waals surface area (Å²) in [5.74, 6) is 0.660. The Kier molecular flexibility index (Phi) is 7.57. The maximum Gasteiger partial charge on any atom is 0.222 e. The highest BCUT2D eigenvalue weighted by atomic mass is 19.1. The molecule has 1 atom stereocenters. The molecule has 4 rings (SSSR count). The molecule has 1 saturated heterocycles. The highest BCUT2D eigenvalue weighted by Crippen LogP contribution is 2.31. The molecule has 0 radical (unpaired) electrons. The Labute approximate surface area is 210 Å². The van der Waals surface area contributed by atoms with Gasteiger partial charge in [-0.1, -0.05) is 12.1 Å². The maximum absolute atomic E-state index is 14.6. The second-order valence-electron chi connectivity index (χ2n) is 9.21. The number of nitrogens with one attached hydrogen (secondary N) is 1. The van der Waals surface area contributed by atoms with E-state index in [9.17, 15) is 14.0 Å². The van der Waals surface area contributed by atoms with Crippen molar-refractivity contribution in [3.63, 3.8) is 0 Å². The van der Waals surface area contributed by atoms with Crippen molar-refractivity contribution >= 4 is 11.8 Å². The summed E-state index contributed by atoms with van der Waals surface area (Å²) >= 11 is 0. The number of aromatic nitrogens is 2. The molecule has 1 aliphatic rings. The zero-order valence-corrected chi connectivity index (χ0v) is 20.8. The minimum Gasteiger partial charge on any atom is -0.497 e. The number of rotatable bonds is 10. The topological polar surface area (TPSA) is 85.7 Å². The summed E-state index contributed by atoms with van der Waals surface area (Å²) in [5, 5.41) is 7.42. The van der Waals surface area contributed by atoms with Crippen LogP contribution in [0.3, 0.4) is 0 Å². The van der Waals surface area contributed by atoms with Gasteiger partial charge in [-0.3, -0.25) is 9.59 Å². The lowest BCUT2D eigenvalue weighted by molar-refractivity contribution is -0.131. The molecule has 2 aromatic carbocycles. The van der Waals surface area contributed by atoms with Crippen LogP contribution in [0.5, 0.6) is 11.5 Å². The Hall–Kier alpha value is -3.88. The Balaban J connectivity index is 1.38. The van der Waals surface area contributed by atoms with Crippen LogP contribution in [0, 0.1) is 5.82 Å². The fourth-order valence-corrected chi connectivity index (χ4v) is 4.58. The van der Waals surface area contributed by atoms with E-state index in [1.165, 1.54) is 13.2 Å². The number of amides is 2. The van der Waals surface area contributed by atoms with Crippen molar-refractivity contribution in [2.24, 2.45) is 0 Å². The molecular weight excluding hydrogens is 463 g/mol. The number of ether oxygens (including phenoxy) is 2. The summed E-state index contributed by atoms with van der Waals surface area (Å²) in [6, 6.07) is 12.3. The molecule has 0 saturated carbocycles. The molecule has 0 aliphatic carbocycles. The number of benzene rings is 2. The van der Waals surface area contributed by atoms with E-state index in [4.69, 9.17) is 9.47 Å². The third kappa shape index (κ3) is 5.84. The largest absolute Gasteiger partial charge is 0.497 e. The van der Waals surface area contributed by atoms with Crippen LogP contribution < -0.4 is 14.8 Å². The van der Waals surface area contributed by atoms with E-state index in [0.29, 0.717) is 43.5 Å². The smallest absolute Gasteiger partial charge is 0.222 e. The monoisotopic (exact) mass is 494 g/mol. The molecule has 1 aromatic heterocycles. The van der Waals surface area contributed by atoms with Gasteiger partial charge in [-0.15, -0.1) is 0 Å². The van der Waals surface area contributed by atoms with E-state index >= 15 is 0 Å². The molecule has 9 heteroatoms. The number of nitrogens with zero attached hydrogens (tertiary/aromatic N) is 3. The Morgan fingerprint density at radius 1 is 1.19 bits per heavy atom. The third-order valence-electron chi connectivity index (χ3n) is 6.64. The minimum absolute atomic E-state index is 0.0557. The molecule has 1 aliphatic heterocycles. The van der Waals surface area contributed by atoms with Crippen molar-refractivity contribution in [3.8, 4) is 17.2 Å². The van der Waals surface area contributed by atoms with Crippen LogP contribution in [0.4, 0.5) is 4.39 Å². The summed E-state index contributed by atoms with van der Waals surface area (Å²) in [6.07, 6.45) is 5.51. The fraction of sp³-hybridized carbons (Fsp3) is 0.370. The standard InChI is InChI=1S/C27H31FN4O4/c1-31(17-19-16-29-32(18-19)21-5-4-6-22(13-21)35-2)26(34)10-12-27(11-9-25(33)30-27)15-20-7-8-23(36-3)14-24(20)28/h4-8,13-14,16,18H,9-12,15,17H2,1-3H3,(H,30,33)/t27-/m1/s1. The van der Waals surface area contributed by atoms with Gasteiger partial charge in [-0.2, -0.15) is 5.10 Å². The number of carbonyl (C=O) groups is 2. The lowest BCUT2D eigenvalue weighted by atomic mass is 9.84. The van der Waals surface area contributed by atoms with Gasteiger partial charge in [0.1, 0.15) is 17.3 Å². The molecule has 36 heavy (non-hydrogen) atoms. The lowest BCUT2D eigenvalue weighted by Gasteiger charge is -2.30. The van der Waals surface area contributed by atoms with E-state index in [1.54, 1.807) is 42.1 Å². The molecule has 1 N–H and O–H groups in total. The Morgan fingerprint density at radius 3 is 2.67 bits per heavy atom. The van der Waals surface area contributed by atoms with E-state index in [2.05, 4.69) is 10.4 Å². The van der Waals surface area contributed by atoms with Crippen LogP contribution in [0.1, 0.15) is 36.8 Å². The SMILES string of the molecule is COc1cccc(-n2cc(CN(C)C(=O)CC[C@@]3(Cc4ccc(OC)cc4F)CCC(=O)N3)cn2)c1. The van der Waals surface area contributed by atoms with Crippen LogP contribution in [-0.2, 0) is 22.6 Å². The van der Waals surface area contributed by atoms with Crippen molar-refractivity contribution in [2.45, 2.75) is 44.2 Å². The van der Waals surface area contributed by atoms with Crippen molar-refractivity contribution in [1.29, 1.82) is 0 Å². The van der Waals surface area contributed by atoms with E-state index < -0.39 is 5.54 Å². The number of hydrogen-bond acceptors (Lipinski definition) is 5. The molecule has 190 valence electrons. The van der Waals surface area contributed by atoms with E-state index in [1.807, 2.05) is 30.5 Å². The van der Waals surface area contributed by atoms with Crippen LogP contribution in [-0.4, -0.2) is 53.3 Å². The Bertz CT molecular complexity index is 1240. The predicted octanol–water partition coefficient (Wildman–Crippen LogP) is 3.66. The summed E-state index contributed by atoms with van der Waals surface area (Å²) in [6.45, 7) is 0.398. The highest BCUT2D eigenvalue weighted by molar-refractivity contribution is 5.80. The van der Waals surface area contributed by atoms with Crippen molar-refractivity contribution in [1.82, 2.24) is 20.0 Å². The lowest BCUT2D eigenvalue weighted by Crippen LogP contribution is -2.44. The molecule has 0 spiro atoms. The average Bonchev–Trinajstić information content (AvgIpc) is 3.50. The van der Waals surface area contributed by atoms with Gasteiger partial charge in [-0.05, 0) is 43.0 Å². The zero-order valence-electron chi connectivity index (χ0n) is 20.8. The first-order valence-corrected chi connectivity index (χ1v) is 11.9. The van der Waals surface area contributed by atoms with E-state index in [-0.39, 0.29) is 24.1 Å². The van der Waals surface area contributed by atoms with Crippen LogP contribution in [0.2, 0.25) is 0 Å². The molecule has 1 fully saturated rings.